The highest BCUT2D eigenvalue weighted by molar-refractivity contribution is 5.29. The summed E-state index contributed by atoms with van der Waals surface area (Å²) < 4.78 is 11.8. The first kappa shape index (κ1) is 24.3. The number of rotatable bonds is 2. The third-order valence-corrected chi connectivity index (χ3v) is 6.66. The summed E-state index contributed by atoms with van der Waals surface area (Å²) in [6, 6.07) is 28.4. The highest BCUT2D eigenvalue weighted by Gasteiger charge is 2.24. The van der Waals surface area contributed by atoms with Gasteiger partial charge in [-0.05, 0) is 34.4 Å². The number of fused-ring (bicyclic) bond motifs is 2. The number of benzene rings is 2. The normalized spacial score (nSPS) is 23.2. The molecular weight excluding hydrogens is 448 g/mol. The Labute approximate surface area is 212 Å². The molecule has 0 saturated heterocycles. The van der Waals surface area contributed by atoms with Gasteiger partial charge in [0.2, 0.25) is 0 Å². The first-order valence-corrected chi connectivity index (χ1v) is 12.4. The molecule has 6 rings (SSSR count). The first-order valence-electron chi connectivity index (χ1n) is 12.4. The van der Waals surface area contributed by atoms with E-state index in [1.165, 1.54) is 22.3 Å². The van der Waals surface area contributed by atoms with Crippen LogP contribution in [0.3, 0.4) is 0 Å². The average Bonchev–Trinajstić information content (AvgIpc) is 3.22. The van der Waals surface area contributed by atoms with Gasteiger partial charge in [-0.25, -0.2) is 0 Å². The van der Waals surface area contributed by atoms with Crippen molar-refractivity contribution in [3.63, 3.8) is 0 Å². The maximum Gasteiger partial charge on any atom is 0.0866 e. The quantitative estimate of drug-likeness (QED) is 0.428. The van der Waals surface area contributed by atoms with Crippen molar-refractivity contribution in [3.8, 4) is 0 Å². The Morgan fingerprint density at radius 3 is 1.39 bits per heavy atom. The van der Waals surface area contributed by atoms with Gasteiger partial charge in [0.25, 0.3) is 0 Å². The summed E-state index contributed by atoms with van der Waals surface area (Å²) in [6.07, 6.45) is 5.40. The smallest absolute Gasteiger partial charge is 0.0866 e. The van der Waals surface area contributed by atoms with Crippen molar-refractivity contribution in [1.29, 1.82) is 0 Å². The van der Waals surface area contributed by atoms with E-state index >= 15 is 0 Å². The second-order valence-electron chi connectivity index (χ2n) is 9.18. The minimum Gasteiger partial charge on any atom is -0.371 e. The Kier molecular flexibility index (Phi) is 7.79. The van der Waals surface area contributed by atoms with Crippen molar-refractivity contribution in [1.82, 2.24) is 9.97 Å². The molecule has 6 nitrogen and oxygen atoms in total. The lowest BCUT2D eigenvalue weighted by atomic mass is 10.00. The summed E-state index contributed by atoms with van der Waals surface area (Å²) in [5.41, 5.74) is 18.9. The summed E-state index contributed by atoms with van der Waals surface area (Å²) in [5, 5.41) is 0. The van der Waals surface area contributed by atoms with Crippen LogP contribution in [0.25, 0.3) is 0 Å². The van der Waals surface area contributed by atoms with Crippen molar-refractivity contribution >= 4 is 0 Å². The van der Waals surface area contributed by atoms with E-state index in [9.17, 15) is 0 Å². The predicted octanol–water partition coefficient (Wildman–Crippen LogP) is 4.79. The molecule has 4 N–H and O–H groups in total. The maximum absolute atomic E-state index is 6.10. The molecular formula is C30H32N4O2. The molecule has 2 aliphatic heterocycles. The van der Waals surface area contributed by atoms with Crippen molar-refractivity contribution in [2.75, 3.05) is 13.2 Å². The van der Waals surface area contributed by atoms with E-state index in [0.717, 1.165) is 24.2 Å². The van der Waals surface area contributed by atoms with Gasteiger partial charge in [-0.1, -0.05) is 72.8 Å². The molecule has 184 valence electrons. The zero-order valence-corrected chi connectivity index (χ0v) is 20.2. The Hall–Kier alpha value is -3.42. The molecule has 0 radical (unpaired) electrons. The van der Waals surface area contributed by atoms with E-state index in [1.54, 1.807) is 12.4 Å². The fourth-order valence-corrected chi connectivity index (χ4v) is 4.79. The lowest BCUT2D eigenvalue weighted by molar-refractivity contribution is 0.0496. The minimum absolute atomic E-state index is 0.0719. The van der Waals surface area contributed by atoms with Crippen LogP contribution in [0.15, 0.2) is 97.3 Å². The topological polar surface area (TPSA) is 96.3 Å². The summed E-state index contributed by atoms with van der Waals surface area (Å²) in [5.74, 6) is 0. The van der Waals surface area contributed by atoms with E-state index in [4.69, 9.17) is 20.9 Å². The molecule has 0 amide bonds. The monoisotopic (exact) mass is 480 g/mol. The van der Waals surface area contributed by atoms with Crippen LogP contribution in [0.2, 0.25) is 0 Å². The molecule has 0 spiro atoms. The highest BCUT2D eigenvalue weighted by Crippen LogP contribution is 2.30. The zero-order chi connectivity index (χ0) is 24.7. The molecule has 0 aliphatic carbocycles. The van der Waals surface area contributed by atoms with E-state index in [2.05, 4.69) is 46.4 Å². The highest BCUT2D eigenvalue weighted by atomic mass is 16.5. The molecule has 4 aromatic rings. The summed E-state index contributed by atoms with van der Waals surface area (Å²) in [7, 11) is 0. The van der Waals surface area contributed by atoms with Gasteiger partial charge in [0.1, 0.15) is 0 Å². The molecule has 0 saturated carbocycles. The molecule has 0 bridgehead atoms. The second kappa shape index (κ2) is 11.5. The molecule has 6 heteroatoms. The van der Waals surface area contributed by atoms with E-state index in [0.29, 0.717) is 13.2 Å². The fraction of sp³-hybridized carbons (Fsp3) is 0.267. The van der Waals surface area contributed by atoms with Gasteiger partial charge >= 0.3 is 0 Å². The Morgan fingerprint density at radius 1 is 0.556 bits per heavy atom. The molecule has 0 unspecified atom stereocenters. The van der Waals surface area contributed by atoms with Crippen LogP contribution in [0.1, 0.15) is 57.9 Å². The van der Waals surface area contributed by atoms with E-state index in [1.807, 2.05) is 48.5 Å². The molecule has 4 heterocycles. The number of pyridine rings is 2. The van der Waals surface area contributed by atoms with Crippen LogP contribution in [0, 0.1) is 0 Å². The van der Waals surface area contributed by atoms with Gasteiger partial charge in [-0.3, -0.25) is 9.97 Å². The summed E-state index contributed by atoms with van der Waals surface area (Å²) in [6.45, 7) is 1.03. The van der Waals surface area contributed by atoms with Gasteiger partial charge < -0.3 is 20.9 Å². The third kappa shape index (κ3) is 5.69. The molecule has 2 aromatic carbocycles. The third-order valence-electron chi connectivity index (χ3n) is 6.66. The Morgan fingerprint density at radius 2 is 0.972 bits per heavy atom. The minimum atomic E-state index is -0.130. The van der Waals surface area contributed by atoms with Crippen molar-refractivity contribution < 1.29 is 9.47 Å². The predicted molar refractivity (Wildman–Crippen MR) is 140 cm³/mol. The van der Waals surface area contributed by atoms with Gasteiger partial charge in [0.15, 0.2) is 0 Å². The molecule has 2 aliphatic rings. The Balaban J connectivity index is 0.000000148. The maximum atomic E-state index is 6.10. The van der Waals surface area contributed by atoms with Crippen LogP contribution >= 0.6 is 0 Å². The molecule has 4 atom stereocenters. The summed E-state index contributed by atoms with van der Waals surface area (Å²) in [4.78, 5) is 8.77. The SMILES string of the molecule is N[C@@H]1CO[C@@H](c2ccccc2)Cc2cccnc21.N[C@H]1CO[C@@H](c2ccccc2)Cc2cccnc21. The van der Waals surface area contributed by atoms with Gasteiger partial charge in [0.05, 0.1) is 48.9 Å². The van der Waals surface area contributed by atoms with Crippen LogP contribution < -0.4 is 11.5 Å². The number of hydrogen-bond acceptors (Lipinski definition) is 6. The van der Waals surface area contributed by atoms with E-state index < -0.39 is 0 Å². The number of nitrogens with zero attached hydrogens (tertiary/aromatic N) is 2. The Bertz CT molecular complexity index is 1150. The van der Waals surface area contributed by atoms with Crippen molar-refractivity contribution in [2.45, 2.75) is 37.1 Å². The van der Waals surface area contributed by atoms with Gasteiger partial charge in [0, 0.05) is 25.2 Å². The lowest BCUT2D eigenvalue weighted by Crippen LogP contribution is -2.17. The van der Waals surface area contributed by atoms with Crippen LogP contribution in [-0.4, -0.2) is 23.2 Å². The largest absolute Gasteiger partial charge is 0.371 e. The summed E-state index contributed by atoms with van der Waals surface area (Å²) >= 11 is 0. The van der Waals surface area contributed by atoms with E-state index in [-0.39, 0.29) is 24.3 Å². The fourth-order valence-electron chi connectivity index (χ4n) is 4.79. The average molecular weight is 481 g/mol. The number of aromatic nitrogens is 2. The second-order valence-corrected chi connectivity index (χ2v) is 9.18. The standard InChI is InChI=1S/2C15H16N2O/c2*16-13-10-18-14(11-5-2-1-3-6-11)9-12-7-4-8-17-15(12)13/h2*1-8,13-14H,9-10,16H2/t13-,14+;13-,14-/m01/s1. The molecule has 0 fully saturated rings. The number of nitrogens with two attached hydrogens (primary N) is 2. The number of hydrogen-bond donors (Lipinski definition) is 2. The van der Waals surface area contributed by atoms with Gasteiger partial charge in [-0.15, -0.1) is 0 Å². The van der Waals surface area contributed by atoms with Crippen LogP contribution in [-0.2, 0) is 22.3 Å². The van der Waals surface area contributed by atoms with Crippen LogP contribution in [0.5, 0.6) is 0 Å². The van der Waals surface area contributed by atoms with Gasteiger partial charge in [-0.2, -0.15) is 0 Å². The van der Waals surface area contributed by atoms with Crippen molar-refractivity contribution in [2.24, 2.45) is 11.5 Å². The lowest BCUT2D eigenvalue weighted by Gasteiger charge is -2.15. The zero-order valence-electron chi connectivity index (χ0n) is 20.2. The molecule has 36 heavy (non-hydrogen) atoms. The number of ether oxygens (including phenoxy) is 2. The van der Waals surface area contributed by atoms with Crippen LogP contribution in [0.4, 0.5) is 0 Å². The first-order chi connectivity index (χ1) is 17.7. The van der Waals surface area contributed by atoms with Crippen molar-refractivity contribution in [3.05, 3.63) is 131 Å². The molecule has 2 aromatic heterocycles.